The minimum Gasteiger partial charge on any atom is -0.195 e. The van der Waals surface area contributed by atoms with Gasteiger partial charge in [0.25, 0.3) is 0 Å². The lowest BCUT2D eigenvalue weighted by molar-refractivity contribution is 0.304. The zero-order valence-electron chi connectivity index (χ0n) is 20.5. The van der Waals surface area contributed by atoms with Gasteiger partial charge in [-0.2, -0.15) is 4.99 Å². The number of thiocarbonyl (C=S) groups is 1. The maximum atomic E-state index is 4.70. The molecule has 176 valence electrons. The van der Waals surface area contributed by atoms with Crippen molar-refractivity contribution in [3.63, 3.8) is 0 Å². The monoisotopic (exact) mass is 459 g/mol. The molecule has 0 heterocycles. The molecule has 0 radical (unpaired) electrons. The highest BCUT2D eigenvalue weighted by molar-refractivity contribution is 7.78. The van der Waals surface area contributed by atoms with Gasteiger partial charge >= 0.3 is 0 Å². The number of nitrogens with zero attached hydrogens (tertiary/aromatic N) is 1. The van der Waals surface area contributed by atoms with Crippen molar-refractivity contribution in [3.05, 3.63) is 65.2 Å². The van der Waals surface area contributed by atoms with E-state index in [1.807, 2.05) is 0 Å². The van der Waals surface area contributed by atoms with Crippen LogP contribution >= 0.6 is 12.2 Å². The number of rotatable bonds is 9. The number of aliphatic imine (C=N–C) groups is 1. The van der Waals surface area contributed by atoms with Crippen molar-refractivity contribution in [1.29, 1.82) is 0 Å². The molecule has 2 aliphatic carbocycles. The Morgan fingerprint density at radius 1 is 0.727 bits per heavy atom. The quantitative estimate of drug-likeness (QED) is 0.268. The number of benzene rings is 2. The van der Waals surface area contributed by atoms with Crippen molar-refractivity contribution >= 4 is 23.1 Å². The van der Waals surface area contributed by atoms with E-state index in [-0.39, 0.29) is 0 Å². The summed E-state index contributed by atoms with van der Waals surface area (Å²) >= 11 is 4.70. The Hall–Kier alpha value is -1.76. The van der Waals surface area contributed by atoms with Gasteiger partial charge < -0.3 is 0 Å². The summed E-state index contributed by atoms with van der Waals surface area (Å²) in [4.78, 5) is 4.07. The zero-order valence-corrected chi connectivity index (χ0v) is 21.3. The number of hydrogen-bond acceptors (Lipinski definition) is 2. The van der Waals surface area contributed by atoms with Crippen molar-refractivity contribution in [2.75, 3.05) is 0 Å². The molecule has 2 aromatic rings. The van der Waals surface area contributed by atoms with E-state index in [1.165, 1.54) is 94.6 Å². The fraction of sp³-hybridized carbons (Fsp3) is 0.581. The normalized spacial score (nSPS) is 25.4. The van der Waals surface area contributed by atoms with Crippen LogP contribution < -0.4 is 0 Å². The van der Waals surface area contributed by atoms with Crippen LogP contribution in [0.4, 0.5) is 5.69 Å². The van der Waals surface area contributed by atoms with E-state index in [1.54, 1.807) is 5.56 Å². The molecule has 4 rings (SSSR count). The van der Waals surface area contributed by atoms with Crippen LogP contribution in [0.15, 0.2) is 53.5 Å². The van der Waals surface area contributed by atoms with E-state index in [2.05, 4.69) is 65.6 Å². The van der Waals surface area contributed by atoms with Crippen molar-refractivity contribution in [2.45, 2.75) is 102 Å². The van der Waals surface area contributed by atoms with Gasteiger partial charge in [0, 0.05) is 0 Å². The maximum Gasteiger partial charge on any atom is 0.0739 e. The van der Waals surface area contributed by atoms with E-state index >= 15 is 0 Å². The smallest absolute Gasteiger partial charge is 0.0739 e. The summed E-state index contributed by atoms with van der Waals surface area (Å²) in [6.45, 7) is 2.32. The standard InChI is InChI=1S/C31H41NS/c1-2-3-4-24-7-13-27(14-8-24)28-15-9-25(10-16-28)5-6-26-11-17-29(18-12-26)30-19-21-31(22-20-30)32-23-33/h9-10,15-16,19-22,24,26-27,29H,2-8,11-14,17-18H2,1H3. The molecule has 2 aromatic carbocycles. The molecule has 0 aromatic heterocycles. The highest BCUT2D eigenvalue weighted by Gasteiger charge is 2.23. The summed E-state index contributed by atoms with van der Waals surface area (Å²) in [7, 11) is 0. The molecule has 0 unspecified atom stereocenters. The Kier molecular flexibility index (Phi) is 9.33. The second-order valence-electron chi connectivity index (χ2n) is 10.7. The van der Waals surface area contributed by atoms with Gasteiger partial charge in [-0.05, 0) is 129 Å². The van der Waals surface area contributed by atoms with E-state index < -0.39 is 0 Å². The van der Waals surface area contributed by atoms with Gasteiger partial charge in [-0.3, -0.25) is 0 Å². The molecule has 0 atom stereocenters. The molecule has 2 aliphatic rings. The highest BCUT2D eigenvalue weighted by atomic mass is 32.1. The summed E-state index contributed by atoms with van der Waals surface area (Å²) in [5.74, 6) is 3.41. The van der Waals surface area contributed by atoms with Gasteiger partial charge in [-0.1, -0.05) is 62.6 Å². The lowest BCUT2D eigenvalue weighted by Crippen LogP contribution is -2.14. The van der Waals surface area contributed by atoms with Crippen LogP contribution in [0.1, 0.15) is 112 Å². The predicted molar refractivity (Wildman–Crippen MR) is 145 cm³/mol. The molecule has 0 N–H and O–H groups in total. The molecular weight excluding hydrogens is 418 g/mol. The molecular formula is C31H41NS. The maximum absolute atomic E-state index is 4.70. The van der Waals surface area contributed by atoms with Crippen LogP contribution in [-0.2, 0) is 6.42 Å². The third-order valence-electron chi connectivity index (χ3n) is 8.49. The number of hydrogen-bond donors (Lipinski definition) is 0. The summed E-state index contributed by atoms with van der Waals surface area (Å²) in [6.07, 6.45) is 17.9. The summed E-state index contributed by atoms with van der Waals surface area (Å²) < 4.78 is 0. The Bertz CT molecular complexity index is 878. The average Bonchev–Trinajstić information content (AvgIpc) is 2.88. The summed E-state index contributed by atoms with van der Waals surface area (Å²) in [6, 6.07) is 18.3. The van der Waals surface area contributed by atoms with Gasteiger partial charge in [-0.15, -0.1) is 0 Å². The van der Waals surface area contributed by atoms with E-state index in [9.17, 15) is 0 Å². The summed E-state index contributed by atoms with van der Waals surface area (Å²) in [5.41, 5.74) is 5.50. The van der Waals surface area contributed by atoms with Crippen molar-refractivity contribution in [1.82, 2.24) is 0 Å². The van der Waals surface area contributed by atoms with Gasteiger partial charge in [0.2, 0.25) is 0 Å². The van der Waals surface area contributed by atoms with Gasteiger partial charge in [0.15, 0.2) is 0 Å². The van der Waals surface area contributed by atoms with Crippen molar-refractivity contribution in [2.24, 2.45) is 16.8 Å². The van der Waals surface area contributed by atoms with Crippen molar-refractivity contribution in [3.8, 4) is 0 Å². The minimum atomic E-state index is 0.711. The second-order valence-corrected chi connectivity index (χ2v) is 10.8. The molecule has 0 aliphatic heterocycles. The first kappa shape index (κ1) is 24.4. The first-order chi connectivity index (χ1) is 16.2. The first-order valence-corrected chi connectivity index (χ1v) is 13.9. The Balaban J connectivity index is 1.18. The third-order valence-corrected chi connectivity index (χ3v) is 8.58. The highest BCUT2D eigenvalue weighted by Crippen LogP contribution is 2.39. The van der Waals surface area contributed by atoms with Crippen molar-refractivity contribution < 1.29 is 0 Å². The molecule has 2 saturated carbocycles. The Morgan fingerprint density at radius 3 is 1.76 bits per heavy atom. The molecule has 2 heteroatoms. The SMILES string of the molecule is CCCCC1CCC(c2ccc(CCC3CCC(c4ccc(N=C=S)cc4)CC3)cc2)CC1. The van der Waals surface area contributed by atoms with Crippen LogP contribution in [0.25, 0.3) is 0 Å². The van der Waals surface area contributed by atoms with Crippen LogP contribution in [0.3, 0.4) is 0 Å². The van der Waals surface area contributed by atoms with Gasteiger partial charge in [0.05, 0.1) is 10.8 Å². The van der Waals surface area contributed by atoms with Gasteiger partial charge in [0.1, 0.15) is 0 Å². The fourth-order valence-electron chi connectivity index (χ4n) is 6.26. The summed E-state index contributed by atoms with van der Waals surface area (Å²) in [5, 5.41) is 2.45. The number of aryl methyl sites for hydroxylation is 1. The minimum absolute atomic E-state index is 0.711. The average molecular weight is 460 g/mol. The fourth-order valence-corrected chi connectivity index (χ4v) is 6.37. The lowest BCUT2D eigenvalue weighted by Gasteiger charge is -2.29. The predicted octanol–water partition coefficient (Wildman–Crippen LogP) is 9.79. The Labute approximate surface area is 207 Å². The molecule has 0 bridgehead atoms. The van der Waals surface area contributed by atoms with Crippen LogP contribution in [-0.4, -0.2) is 5.16 Å². The van der Waals surface area contributed by atoms with Gasteiger partial charge in [-0.25, -0.2) is 0 Å². The van der Waals surface area contributed by atoms with E-state index in [4.69, 9.17) is 12.2 Å². The topological polar surface area (TPSA) is 12.4 Å². The van der Waals surface area contributed by atoms with Crippen LogP contribution in [0.2, 0.25) is 0 Å². The van der Waals surface area contributed by atoms with E-state index in [0.29, 0.717) is 5.92 Å². The molecule has 0 amide bonds. The zero-order chi connectivity index (χ0) is 22.9. The molecule has 2 fully saturated rings. The molecule has 33 heavy (non-hydrogen) atoms. The molecule has 1 nitrogen and oxygen atoms in total. The molecule has 0 saturated heterocycles. The third kappa shape index (κ3) is 7.11. The first-order valence-electron chi connectivity index (χ1n) is 13.5. The lowest BCUT2D eigenvalue weighted by atomic mass is 9.76. The second kappa shape index (κ2) is 12.6. The largest absolute Gasteiger partial charge is 0.195 e. The number of isothiocyanates is 1. The van der Waals surface area contributed by atoms with Crippen LogP contribution in [0.5, 0.6) is 0 Å². The molecule has 0 spiro atoms. The van der Waals surface area contributed by atoms with E-state index in [0.717, 1.165) is 23.4 Å². The number of unbranched alkanes of at least 4 members (excludes halogenated alkanes) is 1. The van der Waals surface area contributed by atoms with Crippen LogP contribution in [0, 0.1) is 11.8 Å². The Morgan fingerprint density at radius 2 is 1.24 bits per heavy atom.